The molecule has 0 aliphatic heterocycles. The molecule has 0 aromatic carbocycles. The van der Waals surface area contributed by atoms with E-state index in [0.717, 1.165) is 11.6 Å². The molecule has 2 N–H and O–H groups in total. The van der Waals surface area contributed by atoms with E-state index in [0.29, 0.717) is 0 Å². The van der Waals surface area contributed by atoms with Crippen molar-refractivity contribution in [3.05, 3.63) is 24.3 Å². The lowest BCUT2D eigenvalue weighted by atomic mass is 10.1. The van der Waals surface area contributed by atoms with Crippen LogP contribution in [0.3, 0.4) is 0 Å². The smallest absolute Gasteiger partial charge is 0.137 e. The van der Waals surface area contributed by atoms with Crippen molar-refractivity contribution in [2.45, 2.75) is 12.8 Å². The van der Waals surface area contributed by atoms with Crippen molar-refractivity contribution in [2.75, 3.05) is 0 Å². The van der Waals surface area contributed by atoms with E-state index in [4.69, 9.17) is 0 Å². The summed E-state index contributed by atoms with van der Waals surface area (Å²) in [6, 6.07) is 0. The Kier molecular flexibility index (Phi) is 1.58. The fourth-order valence-corrected chi connectivity index (χ4v) is 0.977. The molecule has 6 nitrogen and oxygen atoms in total. The fraction of sp³-hybridized carbons (Fsp3) is 0.333. The molecule has 0 fully saturated rings. The van der Waals surface area contributed by atoms with Crippen molar-refractivity contribution in [1.82, 2.24) is 30.4 Å². The topological polar surface area (TPSA) is 83.1 Å². The van der Waals surface area contributed by atoms with Gasteiger partial charge >= 0.3 is 0 Å². The molecule has 0 atom stereocenters. The third kappa shape index (κ3) is 1.07. The normalized spacial score (nSPS) is 10.8. The summed E-state index contributed by atoms with van der Waals surface area (Å²) in [5.74, 6) is 1.65. The Morgan fingerprint density at radius 3 is 1.92 bits per heavy atom. The standard InChI is InChI=1S/C6H8N6/c1-4(5-7-2-9-11-5)6-8-3-10-12-6/h2-4H,1H3,(H,7,9,11)(H,8,10,12). The SMILES string of the molecule is CC(c1ncn[nH]1)c1ncn[nH]1. The minimum atomic E-state index is 0.0787. The highest BCUT2D eigenvalue weighted by molar-refractivity contribution is 5.05. The van der Waals surface area contributed by atoms with Gasteiger partial charge in [0.1, 0.15) is 24.3 Å². The number of nitrogens with one attached hydrogen (secondary N) is 2. The van der Waals surface area contributed by atoms with Crippen LogP contribution < -0.4 is 0 Å². The van der Waals surface area contributed by atoms with Crippen molar-refractivity contribution in [3.63, 3.8) is 0 Å². The summed E-state index contributed by atoms with van der Waals surface area (Å²) >= 11 is 0. The first-order valence-electron chi connectivity index (χ1n) is 3.58. The molecule has 0 bridgehead atoms. The molecule has 0 amide bonds. The largest absolute Gasteiger partial charge is 0.263 e. The average molecular weight is 164 g/mol. The van der Waals surface area contributed by atoms with Crippen LogP contribution in [0.15, 0.2) is 12.7 Å². The van der Waals surface area contributed by atoms with Crippen molar-refractivity contribution in [2.24, 2.45) is 0 Å². The minimum absolute atomic E-state index is 0.0787. The van der Waals surface area contributed by atoms with Crippen LogP contribution in [-0.4, -0.2) is 30.4 Å². The van der Waals surface area contributed by atoms with E-state index in [9.17, 15) is 0 Å². The molecule has 0 spiro atoms. The monoisotopic (exact) mass is 164 g/mol. The number of rotatable bonds is 2. The summed E-state index contributed by atoms with van der Waals surface area (Å²) in [6.45, 7) is 1.97. The molecule has 0 aliphatic carbocycles. The molecule has 0 unspecified atom stereocenters. The third-order valence-corrected chi connectivity index (χ3v) is 1.69. The molecule has 0 aliphatic rings. The minimum Gasteiger partial charge on any atom is -0.263 e. The van der Waals surface area contributed by atoms with E-state index in [1.807, 2.05) is 6.92 Å². The van der Waals surface area contributed by atoms with Crippen LogP contribution in [-0.2, 0) is 0 Å². The van der Waals surface area contributed by atoms with Crippen molar-refractivity contribution >= 4 is 0 Å². The van der Waals surface area contributed by atoms with Gasteiger partial charge < -0.3 is 0 Å². The van der Waals surface area contributed by atoms with Gasteiger partial charge in [-0.1, -0.05) is 0 Å². The second kappa shape index (κ2) is 2.72. The summed E-state index contributed by atoms with van der Waals surface area (Å²) in [6.07, 6.45) is 2.95. The molecular weight excluding hydrogens is 156 g/mol. The Labute approximate surface area is 68.5 Å². The first kappa shape index (κ1) is 6.96. The van der Waals surface area contributed by atoms with Gasteiger partial charge in [-0.2, -0.15) is 10.2 Å². The quantitative estimate of drug-likeness (QED) is 0.658. The molecule has 2 heterocycles. The molecule has 12 heavy (non-hydrogen) atoms. The molecule has 62 valence electrons. The van der Waals surface area contributed by atoms with Crippen molar-refractivity contribution in [1.29, 1.82) is 0 Å². The van der Waals surface area contributed by atoms with E-state index in [1.165, 1.54) is 12.7 Å². The van der Waals surface area contributed by atoms with Gasteiger partial charge in [-0.05, 0) is 6.92 Å². The van der Waals surface area contributed by atoms with Crippen molar-refractivity contribution in [3.8, 4) is 0 Å². The maximum absolute atomic E-state index is 4.02. The highest BCUT2D eigenvalue weighted by atomic mass is 15.2. The lowest BCUT2D eigenvalue weighted by Gasteiger charge is -2.01. The third-order valence-electron chi connectivity index (χ3n) is 1.69. The first-order valence-corrected chi connectivity index (χ1v) is 3.58. The number of nitrogens with zero attached hydrogens (tertiary/aromatic N) is 4. The van der Waals surface area contributed by atoms with Gasteiger partial charge in [-0.15, -0.1) is 0 Å². The molecular formula is C6H8N6. The lowest BCUT2D eigenvalue weighted by molar-refractivity contribution is 0.761. The van der Waals surface area contributed by atoms with E-state index in [-0.39, 0.29) is 5.92 Å². The van der Waals surface area contributed by atoms with Gasteiger partial charge in [0.2, 0.25) is 0 Å². The molecule has 2 rings (SSSR count). The highest BCUT2D eigenvalue weighted by Gasteiger charge is 2.12. The summed E-state index contributed by atoms with van der Waals surface area (Å²) in [4.78, 5) is 8.04. The maximum atomic E-state index is 4.02. The van der Waals surface area contributed by atoms with Gasteiger partial charge in [-0.3, -0.25) is 10.2 Å². The molecule has 2 aromatic rings. The van der Waals surface area contributed by atoms with E-state index < -0.39 is 0 Å². The Hall–Kier alpha value is -1.72. The van der Waals surface area contributed by atoms with Gasteiger partial charge in [0.25, 0.3) is 0 Å². The van der Waals surface area contributed by atoms with E-state index >= 15 is 0 Å². The molecule has 0 radical (unpaired) electrons. The molecule has 6 heteroatoms. The van der Waals surface area contributed by atoms with Crippen LogP contribution >= 0.6 is 0 Å². The lowest BCUT2D eigenvalue weighted by Crippen LogP contribution is -2.00. The van der Waals surface area contributed by atoms with Crippen LogP contribution in [0.25, 0.3) is 0 Å². The number of hydrogen-bond donors (Lipinski definition) is 2. The Morgan fingerprint density at radius 2 is 1.58 bits per heavy atom. The Morgan fingerprint density at radius 1 is 1.08 bits per heavy atom. The summed E-state index contributed by atoms with van der Waals surface area (Å²) in [5.41, 5.74) is 0. The molecule has 2 aromatic heterocycles. The van der Waals surface area contributed by atoms with E-state index in [1.54, 1.807) is 0 Å². The van der Waals surface area contributed by atoms with Crippen LogP contribution in [0, 0.1) is 0 Å². The van der Waals surface area contributed by atoms with Gasteiger partial charge in [-0.25, -0.2) is 9.97 Å². The van der Waals surface area contributed by atoms with Crippen LogP contribution in [0.4, 0.5) is 0 Å². The number of H-pyrrole nitrogens is 2. The predicted octanol–water partition coefficient (Wildman–Crippen LogP) is 0.0746. The van der Waals surface area contributed by atoms with Gasteiger partial charge in [0.05, 0.1) is 5.92 Å². The zero-order chi connectivity index (χ0) is 8.39. The predicted molar refractivity (Wildman–Crippen MR) is 40.3 cm³/mol. The van der Waals surface area contributed by atoms with Crippen LogP contribution in [0.1, 0.15) is 24.5 Å². The fourth-order valence-electron chi connectivity index (χ4n) is 0.977. The summed E-state index contributed by atoms with van der Waals surface area (Å²) in [7, 11) is 0. The van der Waals surface area contributed by atoms with Crippen LogP contribution in [0.5, 0.6) is 0 Å². The van der Waals surface area contributed by atoms with E-state index in [2.05, 4.69) is 30.4 Å². The first-order chi connectivity index (χ1) is 5.88. The number of aromatic nitrogens is 6. The highest BCUT2D eigenvalue weighted by Crippen LogP contribution is 2.14. The summed E-state index contributed by atoms with van der Waals surface area (Å²) in [5, 5.41) is 13.1. The zero-order valence-electron chi connectivity index (χ0n) is 6.52. The zero-order valence-corrected chi connectivity index (χ0v) is 6.52. The second-order valence-electron chi connectivity index (χ2n) is 2.46. The second-order valence-corrected chi connectivity index (χ2v) is 2.46. The van der Waals surface area contributed by atoms with Gasteiger partial charge in [0, 0.05) is 0 Å². The van der Waals surface area contributed by atoms with Gasteiger partial charge in [0.15, 0.2) is 0 Å². The Bertz CT molecular complexity index is 289. The maximum Gasteiger partial charge on any atom is 0.137 e. The summed E-state index contributed by atoms with van der Waals surface area (Å²) < 4.78 is 0. The average Bonchev–Trinajstić information content (AvgIpc) is 2.77. The van der Waals surface area contributed by atoms with Crippen LogP contribution in [0.2, 0.25) is 0 Å². The van der Waals surface area contributed by atoms with Crippen molar-refractivity contribution < 1.29 is 0 Å². The number of hydrogen-bond acceptors (Lipinski definition) is 4. The molecule has 0 saturated heterocycles. The Balaban J connectivity index is 2.27. The molecule has 0 saturated carbocycles. The number of aromatic amines is 2.